The van der Waals surface area contributed by atoms with E-state index in [2.05, 4.69) is 36.7 Å². The normalized spacial score (nSPS) is 30.3. The van der Waals surface area contributed by atoms with Crippen molar-refractivity contribution >= 4 is 25.8 Å². The lowest BCUT2D eigenvalue weighted by Crippen LogP contribution is -2.29. The minimum absolute atomic E-state index is 0.143. The summed E-state index contributed by atoms with van der Waals surface area (Å²) in [5.41, 5.74) is 0.143. The van der Waals surface area contributed by atoms with Gasteiger partial charge in [-0.2, -0.15) is 0 Å². The molecule has 0 aromatic heterocycles. The molecule has 0 N–H and O–H groups in total. The SMILES string of the molecule is CC(C)(C)C(Br)C1CCS(=O)(=O)C1. The Morgan fingerprint density at radius 3 is 2.23 bits per heavy atom. The Labute approximate surface area is 89.1 Å². The molecule has 1 aliphatic heterocycles. The van der Waals surface area contributed by atoms with Crippen molar-refractivity contribution in [1.82, 2.24) is 0 Å². The van der Waals surface area contributed by atoms with Gasteiger partial charge in [-0.15, -0.1) is 0 Å². The summed E-state index contributed by atoms with van der Waals surface area (Å²) in [7, 11) is -2.73. The summed E-state index contributed by atoms with van der Waals surface area (Å²) in [6.45, 7) is 6.41. The number of hydrogen-bond donors (Lipinski definition) is 0. The van der Waals surface area contributed by atoms with Crippen LogP contribution in [-0.4, -0.2) is 24.8 Å². The number of hydrogen-bond acceptors (Lipinski definition) is 2. The van der Waals surface area contributed by atoms with Gasteiger partial charge < -0.3 is 0 Å². The molecule has 0 spiro atoms. The third-order valence-electron chi connectivity index (χ3n) is 2.51. The lowest BCUT2D eigenvalue weighted by Gasteiger charge is -2.29. The molecule has 0 aromatic carbocycles. The molecule has 2 unspecified atom stereocenters. The van der Waals surface area contributed by atoms with E-state index in [0.29, 0.717) is 22.3 Å². The van der Waals surface area contributed by atoms with Gasteiger partial charge >= 0.3 is 0 Å². The monoisotopic (exact) mass is 268 g/mol. The van der Waals surface area contributed by atoms with Crippen LogP contribution in [-0.2, 0) is 9.84 Å². The highest BCUT2D eigenvalue weighted by Gasteiger charge is 2.37. The zero-order valence-corrected chi connectivity index (χ0v) is 10.8. The molecule has 2 nitrogen and oxygen atoms in total. The van der Waals surface area contributed by atoms with Crippen LogP contribution >= 0.6 is 15.9 Å². The second-order valence-electron chi connectivity index (χ2n) is 4.93. The second kappa shape index (κ2) is 3.54. The third kappa shape index (κ3) is 2.94. The Morgan fingerprint density at radius 1 is 1.38 bits per heavy atom. The molecule has 0 aromatic rings. The van der Waals surface area contributed by atoms with E-state index in [-0.39, 0.29) is 5.41 Å². The molecule has 1 rings (SSSR count). The summed E-state index contributed by atoms with van der Waals surface area (Å²) in [4.78, 5) is 0.303. The van der Waals surface area contributed by atoms with Crippen LogP contribution in [0, 0.1) is 11.3 Å². The molecule has 4 heteroatoms. The fourth-order valence-electron chi connectivity index (χ4n) is 1.76. The molecule has 1 saturated heterocycles. The fraction of sp³-hybridized carbons (Fsp3) is 1.00. The molecule has 0 saturated carbocycles. The Bertz CT molecular complexity index is 276. The van der Waals surface area contributed by atoms with E-state index in [9.17, 15) is 8.42 Å². The van der Waals surface area contributed by atoms with Crippen LogP contribution in [0.4, 0.5) is 0 Å². The first-order valence-corrected chi connectivity index (χ1v) is 7.30. The maximum atomic E-state index is 11.3. The van der Waals surface area contributed by atoms with Gasteiger partial charge in [0.1, 0.15) is 0 Å². The predicted octanol–water partition coefficient (Wildman–Crippen LogP) is 2.23. The first kappa shape index (κ1) is 11.5. The van der Waals surface area contributed by atoms with Crippen molar-refractivity contribution in [3.05, 3.63) is 0 Å². The van der Waals surface area contributed by atoms with Gasteiger partial charge in [0.15, 0.2) is 9.84 Å². The van der Waals surface area contributed by atoms with E-state index in [1.807, 2.05) is 0 Å². The summed E-state index contributed by atoms with van der Waals surface area (Å²) in [6.07, 6.45) is 0.815. The van der Waals surface area contributed by atoms with Crippen molar-refractivity contribution in [2.45, 2.75) is 32.0 Å². The highest BCUT2D eigenvalue weighted by molar-refractivity contribution is 9.09. The minimum Gasteiger partial charge on any atom is -0.229 e. The van der Waals surface area contributed by atoms with Crippen molar-refractivity contribution in [2.75, 3.05) is 11.5 Å². The van der Waals surface area contributed by atoms with Crippen LogP contribution < -0.4 is 0 Å². The third-order valence-corrected chi connectivity index (χ3v) is 6.42. The van der Waals surface area contributed by atoms with Crippen molar-refractivity contribution in [2.24, 2.45) is 11.3 Å². The Kier molecular flexibility index (Phi) is 3.13. The maximum Gasteiger partial charge on any atom is 0.150 e. The first-order chi connectivity index (χ1) is 5.72. The molecule has 1 heterocycles. The summed E-state index contributed by atoms with van der Waals surface area (Å²) >= 11 is 3.61. The molecule has 1 fully saturated rings. The Balaban J connectivity index is 2.67. The van der Waals surface area contributed by atoms with Crippen molar-refractivity contribution in [3.63, 3.8) is 0 Å². The summed E-state index contributed by atoms with van der Waals surface area (Å²) in [6, 6.07) is 0. The minimum atomic E-state index is -2.73. The van der Waals surface area contributed by atoms with Gasteiger partial charge in [0.05, 0.1) is 11.5 Å². The Morgan fingerprint density at radius 2 is 1.92 bits per heavy atom. The molecule has 0 radical (unpaired) electrons. The average Bonchev–Trinajstić information content (AvgIpc) is 2.26. The van der Waals surface area contributed by atoms with E-state index in [1.165, 1.54) is 0 Å². The topological polar surface area (TPSA) is 34.1 Å². The molecule has 2 atom stereocenters. The van der Waals surface area contributed by atoms with E-state index < -0.39 is 9.84 Å². The Hall–Kier alpha value is 0.430. The lowest BCUT2D eigenvalue weighted by molar-refractivity contribution is 0.332. The van der Waals surface area contributed by atoms with Crippen molar-refractivity contribution < 1.29 is 8.42 Å². The van der Waals surface area contributed by atoms with E-state index in [0.717, 1.165) is 6.42 Å². The van der Waals surface area contributed by atoms with Gasteiger partial charge in [-0.3, -0.25) is 0 Å². The highest BCUT2D eigenvalue weighted by Crippen LogP contribution is 2.37. The number of halogens is 1. The van der Waals surface area contributed by atoms with Gasteiger partial charge in [-0.05, 0) is 17.8 Å². The molecule has 1 aliphatic rings. The number of sulfone groups is 1. The molecule has 0 aliphatic carbocycles. The zero-order valence-electron chi connectivity index (χ0n) is 8.38. The van der Waals surface area contributed by atoms with Gasteiger partial charge in [0, 0.05) is 4.83 Å². The zero-order chi connectivity index (χ0) is 10.3. The lowest BCUT2D eigenvalue weighted by atomic mass is 9.84. The van der Waals surface area contributed by atoms with Crippen LogP contribution in [0.15, 0.2) is 0 Å². The fourth-order valence-corrected chi connectivity index (χ4v) is 4.30. The van der Waals surface area contributed by atoms with Gasteiger partial charge in [0.2, 0.25) is 0 Å². The molecule has 0 bridgehead atoms. The van der Waals surface area contributed by atoms with E-state index >= 15 is 0 Å². The van der Waals surface area contributed by atoms with Crippen LogP contribution in [0.5, 0.6) is 0 Å². The van der Waals surface area contributed by atoms with E-state index in [1.54, 1.807) is 0 Å². The average molecular weight is 269 g/mol. The van der Waals surface area contributed by atoms with E-state index in [4.69, 9.17) is 0 Å². The van der Waals surface area contributed by atoms with Gasteiger partial charge in [-0.1, -0.05) is 36.7 Å². The first-order valence-electron chi connectivity index (χ1n) is 4.57. The number of alkyl halides is 1. The molecule has 13 heavy (non-hydrogen) atoms. The van der Waals surface area contributed by atoms with Gasteiger partial charge in [-0.25, -0.2) is 8.42 Å². The molecular weight excluding hydrogens is 252 g/mol. The van der Waals surface area contributed by atoms with Gasteiger partial charge in [0.25, 0.3) is 0 Å². The quantitative estimate of drug-likeness (QED) is 0.684. The molecular formula is C9H17BrO2S. The van der Waals surface area contributed by atoms with Crippen LogP contribution in [0.25, 0.3) is 0 Å². The molecule has 78 valence electrons. The largest absolute Gasteiger partial charge is 0.229 e. The molecule has 0 amide bonds. The smallest absolute Gasteiger partial charge is 0.150 e. The predicted molar refractivity (Wildman–Crippen MR) is 58.9 cm³/mol. The second-order valence-corrected chi connectivity index (χ2v) is 8.15. The van der Waals surface area contributed by atoms with Crippen LogP contribution in [0.3, 0.4) is 0 Å². The summed E-state index contributed by atoms with van der Waals surface area (Å²) < 4.78 is 22.5. The van der Waals surface area contributed by atoms with Crippen molar-refractivity contribution in [3.8, 4) is 0 Å². The summed E-state index contributed by atoms with van der Waals surface area (Å²) in [5.74, 6) is 1.03. The number of rotatable bonds is 1. The van der Waals surface area contributed by atoms with Crippen LogP contribution in [0.1, 0.15) is 27.2 Å². The summed E-state index contributed by atoms with van der Waals surface area (Å²) in [5, 5.41) is 0. The standard InChI is InChI=1S/C9H17BrO2S/c1-9(2,3)8(10)7-4-5-13(11,12)6-7/h7-8H,4-6H2,1-3H3. The highest BCUT2D eigenvalue weighted by atomic mass is 79.9. The maximum absolute atomic E-state index is 11.3. The van der Waals surface area contributed by atoms with Crippen LogP contribution in [0.2, 0.25) is 0 Å². The van der Waals surface area contributed by atoms with Crippen molar-refractivity contribution in [1.29, 1.82) is 0 Å².